The predicted molar refractivity (Wildman–Crippen MR) is 111 cm³/mol. The molecule has 2 aliphatic rings. The van der Waals surface area contributed by atoms with Crippen molar-refractivity contribution in [2.24, 2.45) is 4.99 Å². The van der Waals surface area contributed by atoms with E-state index in [0.717, 1.165) is 70.1 Å². The maximum Gasteiger partial charge on any atom is 0.193 e. The van der Waals surface area contributed by atoms with Crippen LogP contribution < -0.4 is 5.32 Å². The summed E-state index contributed by atoms with van der Waals surface area (Å²) in [5.41, 5.74) is 0.629. The molecular weight excluding hydrogens is 388 g/mol. The number of benzene rings is 1. The van der Waals surface area contributed by atoms with Gasteiger partial charge in [0.05, 0.1) is 5.69 Å². The Balaban J connectivity index is 1.39. The number of halogens is 2. The second kappa shape index (κ2) is 9.12. The fourth-order valence-electron chi connectivity index (χ4n) is 4.82. The van der Waals surface area contributed by atoms with Crippen molar-refractivity contribution in [3.63, 3.8) is 0 Å². The van der Waals surface area contributed by atoms with Gasteiger partial charge in [-0.2, -0.15) is 0 Å². The minimum absolute atomic E-state index is 0.225. The van der Waals surface area contributed by atoms with E-state index in [4.69, 9.17) is 4.52 Å². The highest BCUT2D eigenvalue weighted by Gasteiger charge is 2.40. The first kappa shape index (κ1) is 20.8. The van der Waals surface area contributed by atoms with Gasteiger partial charge < -0.3 is 14.7 Å². The molecule has 2 fully saturated rings. The van der Waals surface area contributed by atoms with Crippen LogP contribution in [0.5, 0.6) is 0 Å². The zero-order valence-corrected chi connectivity index (χ0v) is 17.4. The third-order valence-corrected chi connectivity index (χ3v) is 6.40. The normalized spacial score (nSPS) is 20.0. The minimum Gasteiger partial charge on any atom is -0.364 e. The third-order valence-electron chi connectivity index (χ3n) is 6.40. The van der Waals surface area contributed by atoms with Gasteiger partial charge in [-0.05, 0) is 25.0 Å². The highest BCUT2D eigenvalue weighted by Crippen LogP contribution is 2.42. The molecule has 30 heavy (non-hydrogen) atoms. The average molecular weight is 418 g/mol. The lowest BCUT2D eigenvalue weighted by atomic mass is 9.78. The van der Waals surface area contributed by atoms with E-state index in [1.807, 2.05) is 6.07 Å². The quantitative estimate of drug-likeness (QED) is 0.598. The molecule has 1 saturated heterocycles. The Labute approximate surface area is 175 Å². The fraction of sp³-hybridized carbons (Fsp3) is 0.545. The molecule has 4 rings (SSSR count). The van der Waals surface area contributed by atoms with Crippen LogP contribution in [0.1, 0.15) is 36.9 Å². The molecule has 2 aromatic rings. The Bertz CT molecular complexity index is 836. The molecule has 2 heterocycles. The van der Waals surface area contributed by atoms with Gasteiger partial charge in [0.15, 0.2) is 5.96 Å². The molecule has 0 bridgehead atoms. The number of aromatic nitrogens is 1. The molecule has 1 aliphatic carbocycles. The molecule has 0 spiro atoms. The van der Waals surface area contributed by atoms with Crippen LogP contribution in [0.3, 0.4) is 0 Å². The first-order valence-electron chi connectivity index (χ1n) is 10.6. The first-order chi connectivity index (χ1) is 14.6. The van der Waals surface area contributed by atoms with Crippen molar-refractivity contribution in [1.29, 1.82) is 0 Å². The summed E-state index contributed by atoms with van der Waals surface area (Å²) in [7, 11) is 1.76. The summed E-state index contributed by atoms with van der Waals surface area (Å²) < 4.78 is 34.1. The van der Waals surface area contributed by atoms with Crippen molar-refractivity contribution in [2.75, 3.05) is 39.8 Å². The van der Waals surface area contributed by atoms with Crippen LogP contribution in [0.25, 0.3) is 0 Å². The van der Waals surface area contributed by atoms with Crippen LogP contribution in [0.15, 0.2) is 40.0 Å². The molecule has 0 unspecified atom stereocenters. The number of rotatable bonds is 5. The Morgan fingerprint density at radius 3 is 2.43 bits per heavy atom. The highest BCUT2D eigenvalue weighted by molar-refractivity contribution is 5.80. The average Bonchev–Trinajstić information content (AvgIpc) is 3.42. The number of nitrogens with zero attached hydrogens (tertiary/aromatic N) is 4. The lowest BCUT2D eigenvalue weighted by molar-refractivity contribution is 0.168. The van der Waals surface area contributed by atoms with Gasteiger partial charge in [0.2, 0.25) is 0 Å². The summed E-state index contributed by atoms with van der Waals surface area (Å²) >= 11 is 0. The number of piperazine rings is 1. The molecule has 1 aromatic carbocycles. The Morgan fingerprint density at radius 2 is 1.83 bits per heavy atom. The minimum atomic E-state index is -0.528. The van der Waals surface area contributed by atoms with Crippen molar-refractivity contribution in [3.8, 4) is 0 Å². The Morgan fingerprint density at radius 1 is 1.13 bits per heavy atom. The van der Waals surface area contributed by atoms with Crippen LogP contribution in [0.4, 0.5) is 8.78 Å². The number of hydrogen-bond acceptors (Lipinski definition) is 4. The van der Waals surface area contributed by atoms with Gasteiger partial charge in [0.25, 0.3) is 0 Å². The zero-order chi connectivity index (χ0) is 21.0. The summed E-state index contributed by atoms with van der Waals surface area (Å²) in [6.07, 6.45) is 5.11. The smallest absolute Gasteiger partial charge is 0.193 e. The molecule has 0 atom stereocenters. The summed E-state index contributed by atoms with van der Waals surface area (Å²) in [6.45, 7) is 4.70. The molecule has 1 aromatic heterocycles. The van der Waals surface area contributed by atoms with E-state index < -0.39 is 17.0 Å². The van der Waals surface area contributed by atoms with E-state index in [9.17, 15) is 8.78 Å². The largest absolute Gasteiger partial charge is 0.364 e. The van der Waals surface area contributed by atoms with Crippen LogP contribution in [-0.2, 0) is 12.0 Å². The zero-order valence-electron chi connectivity index (χ0n) is 17.4. The van der Waals surface area contributed by atoms with Gasteiger partial charge >= 0.3 is 0 Å². The lowest BCUT2D eigenvalue weighted by Crippen LogP contribution is -2.54. The second-order valence-corrected chi connectivity index (χ2v) is 8.24. The van der Waals surface area contributed by atoms with Gasteiger partial charge in [0, 0.05) is 63.4 Å². The molecule has 1 saturated carbocycles. The van der Waals surface area contributed by atoms with Crippen molar-refractivity contribution in [2.45, 2.75) is 37.6 Å². The molecule has 1 aliphatic heterocycles. The van der Waals surface area contributed by atoms with Gasteiger partial charge in [0.1, 0.15) is 17.9 Å². The molecule has 1 N–H and O–H groups in total. The van der Waals surface area contributed by atoms with Crippen molar-refractivity contribution in [1.82, 2.24) is 20.3 Å². The van der Waals surface area contributed by atoms with Crippen molar-refractivity contribution in [3.05, 3.63) is 53.4 Å². The van der Waals surface area contributed by atoms with E-state index in [0.29, 0.717) is 6.54 Å². The van der Waals surface area contributed by atoms with E-state index in [2.05, 4.69) is 25.3 Å². The standard InChI is InChI=1S/C22H29F2N5O/c1-25-21(29-12-10-28(11-13-29)15-17-7-14-30-27-17)26-16-22(8-2-3-9-22)20-18(23)5-4-6-19(20)24/h4-7,14H,2-3,8-13,15-16H2,1H3,(H,25,26). The SMILES string of the molecule is CN=C(NCC1(c2c(F)cccc2F)CCCC1)N1CCN(Cc2ccon2)CC1. The summed E-state index contributed by atoms with van der Waals surface area (Å²) in [6, 6.07) is 6.04. The van der Waals surface area contributed by atoms with E-state index in [1.165, 1.54) is 18.2 Å². The molecular formula is C22H29F2N5O. The number of nitrogens with one attached hydrogen (secondary N) is 1. The van der Waals surface area contributed by atoms with Crippen molar-refractivity contribution < 1.29 is 13.3 Å². The van der Waals surface area contributed by atoms with Crippen LogP contribution in [-0.4, -0.2) is 60.7 Å². The Kier molecular flexibility index (Phi) is 6.32. The third kappa shape index (κ3) is 4.33. The molecule has 8 heteroatoms. The van der Waals surface area contributed by atoms with Gasteiger partial charge in [-0.3, -0.25) is 9.89 Å². The van der Waals surface area contributed by atoms with Gasteiger partial charge in [-0.25, -0.2) is 8.78 Å². The Hall–Kier alpha value is -2.48. The topological polar surface area (TPSA) is 56.9 Å². The van der Waals surface area contributed by atoms with Gasteiger partial charge in [-0.1, -0.05) is 24.1 Å². The number of aliphatic imine (C=N–C) groups is 1. The van der Waals surface area contributed by atoms with Crippen LogP contribution >= 0.6 is 0 Å². The maximum absolute atomic E-state index is 14.6. The van der Waals surface area contributed by atoms with E-state index >= 15 is 0 Å². The van der Waals surface area contributed by atoms with Gasteiger partial charge in [-0.15, -0.1) is 0 Å². The molecule has 0 amide bonds. The molecule has 6 nitrogen and oxygen atoms in total. The first-order valence-corrected chi connectivity index (χ1v) is 10.6. The van der Waals surface area contributed by atoms with E-state index in [-0.39, 0.29) is 5.56 Å². The summed E-state index contributed by atoms with van der Waals surface area (Å²) in [5.74, 6) is -0.107. The highest BCUT2D eigenvalue weighted by atomic mass is 19.1. The summed E-state index contributed by atoms with van der Waals surface area (Å²) in [4.78, 5) is 8.98. The number of guanidine groups is 1. The molecule has 0 radical (unpaired) electrons. The maximum atomic E-state index is 14.6. The number of hydrogen-bond donors (Lipinski definition) is 1. The second-order valence-electron chi connectivity index (χ2n) is 8.24. The predicted octanol–water partition coefficient (Wildman–Crippen LogP) is 3.16. The van der Waals surface area contributed by atoms with E-state index in [1.54, 1.807) is 13.3 Å². The fourth-order valence-corrected chi connectivity index (χ4v) is 4.82. The summed E-state index contributed by atoms with van der Waals surface area (Å²) in [5, 5.41) is 7.41. The monoisotopic (exact) mass is 417 g/mol. The van der Waals surface area contributed by atoms with Crippen LogP contribution in [0, 0.1) is 11.6 Å². The van der Waals surface area contributed by atoms with Crippen molar-refractivity contribution >= 4 is 5.96 Å². The molecule has 162 valence electrons. The lowest BCUT2D eigenvalue weighted by Gasteiger charge is -2.38. The van der Waals surface area contributed by atoms with Crippen LogP contribution in [0.2, 0.25) is 0 Å².